The Morgan fingerprint density at radius 3 is 2.35 bits per heavy atom. The highest BCUT2D eigenvalue weighted by Gasteiger charge is 2.36. The van der Waals surface area contributed by atoms with Gasteiger partial charge in [0, 0.05) is 13.1 Å². The first-order chi connectivity index (χ1) is 11.9. The molecule has 1 aromatic rings. The summed E-state index contributed by atoms with van der Waals surface area (Å²) < 4.78 is 10.7. The zero-order valence-electron chi connectivity index (χ0n) is 16.6. The quantitative estimate of drug-likeness (QED) is 0.784. The molecule has 0 atom stereocenters. The number of rotatable bonds is 7. The average molecular weight is 385 g/mol. The average Bonchev–Trinajstić information content (AvgIpc) is 2.65. The number of hydrogen-bond donors (Lipinski definition) is 1. The highest BCUT2D eigenvalue weighted by atomic mass is 35.5. The fourth-order valence-electron chi connectivity index (χ4n) is 3.43. The number of amides is 1. The van der Waals surface area contributed by atoms with Crippen LogP contribution < -0.4 is 14.8 Å². The third-order valence-electron chi connectivity index (χ3n) is 5.22. The third kappa shape index (κ3) is 5.04. The molecule has 1 heterocycles. The molecule has 0 aromatic heterocycles. The standard InChI is InChI=1S/C20H32N2O3.ClH/c1-6-21-14-15-9-11-22(12-10-15)19(23)20(2,3)16-7-8-17(24-4)18(13-16)25-5;/h7-8,13,15,21H,6,9-12,14H2,1-5H3;1H. The zero-order chi connectivity index (χ0) is 18.4. The van der Waals surface area contributed by atoms with E-state index < -0.39 is 5.41 Å². The van der Waals surface area contributed by atoms with Gasteiger partial charge in [0.15, 0.2) is 11.5 Å². The summed E-state index contributed by atoms with van der Waals surface area (Å²) in [5, 5.41) is 3.41. The molecule has 5 nitrogen and oxygen atoms in total. The van der Waals surface area contributed by atoms with Crippen molar-refractivity contribution in [1.82, 2.24) is 10.2 Å². The molecule has 0 unspecified atom stereocenters. The molecule has 2 rings (SSSR count). The Morgan fingerprint density at radius 2 is 1.81 bits per heavy atom. The number of ether oxygens (including phenoxy) is 2. The van der Waals surface area contributed by atoms with Gasteiger partial charge in [-0.2, -0.15) is 0 Å². The minimum atomic E-state index is -0.589. The van der Waals surface area contributed by atoms with Crippen LogP contribution in [0.15, 0.2) is 18.2 Å². The van der Waals surface area contributed by atoms with Crippen molar-refractivity contribution in [2.24, 2.45) is 5.92 Å². The van der Waals surface area contributed by atoms with Crippen LogP contribution in [-0.4, -0.2) is 51.2 Å². The Morgan fingerprint density at radius 1 is 1.19 bits per heavy atom. The number of carbonyl (C=O) groups excluding carboxylic acids is 1. The van der Waals surface area contributed by atoms with Gasteiger partial charge < -0.3 is 19.7 Å². The maximum Gasteiger partial charge on any atom is 0.232 e. The van der Waals surface area contributed by atoms with Crippen LogP contribution >= 0.6 is 12.4 Å². The number of benzene rings is 1. The second-order valence-electron chi connectivity index (χ2n) is 7.24. The zero-order valence-corrected chi connectivity index (χ0v) is 17.4. The maximum atomic E-state index is 13.1. The van der Waals surface area contributed by atoms with E-state index in [1.165, 1.54) is 0 Å². The molecule has 1 aromatic carbocycles. The van der Waals surface area contributed by atoms with Crippen LogP contribution in [0.4, 0.5) is 0 Å². The highest BCUT2D eigenvalue weighted by Crippen LogP contribution is 2.34. The van der Waals surface area contributed by atoms with Crippen LogP contribution in [0.2, 0.25) is 0 Å². The third-order valence-corrected chi connectivity index (χ3v) is 5.22. The molecule has 0 spiro atoms. The summed E-state index contributed by atoms with van der Waals surface area (Å²) in [6, 6.07) is 5.73. The molecule has 0 radical (unpaired) electrons. The van der Waals surface area contributed by atoms with Gasteiger partial charge in [-0.1, -0.05) is 13.0 Å². The van der Waals surface area contributed by atoms with Crippen LogP contribution in [-0.2, 0) is 10.2 Å². The number of hydrogen-bond acceptors (Lipinski definition) is 4. The fraction of sp³-hybridized carbons (Fsp3) is 0.650. The molecular weight excluding hydrogens is 352 g/mol. The van der Waals surface area contributed by atoms with E-state index in [0.717, 1.165) is 44.6 Å². The molecule has 0 bridgehead atoms. The predicted molar refractivity (Wildman–Crippen MR) is 108 cm³/mol. The maximum absolute atomic E-state index is 13.1. The van der Waals surface area contributed by atoms with Crippen molar-refractivity contribution in [2.75, 3.05) is 40.4 Å². The largest absolute Gasteiger partial charge is 0.493 e. The first-order valence-corrected chi connectivity index (χ1v) is 9.16. The minimum absolute atomic E-state index is 0. The Bertz CT molecular complexity index is 584. The van der Waals surface area contributed by atoms with Crippen LogP contribution in [0, 0.1) is 5.92 Å². The topological polar surface area (TPSA) is 50.8 Å². The van der Waals surface area contributed by atoms with E-state index in [4.69, 9.17) is 9.47 Å². The molecule has 1 fully saturated rings. The van der Waals surface area contributed by atoms with Gasteiger partial charge in [-0.25, -0.2) is 0 Å². The van der Waals surface area contributed by atoms with Gasteiger partial charge in [-0.3, -0.25) is 4.79 Å². The number of nitrogens with one attached hydrogen (secondary N) is 1. The normalized spacial score (nSPS) is 15.3. The van der Waals surface area contributed by atoms with Gasteiger partial charge in [0.25, 0.3) is 0 Å². The molecule has 1 aliphatic rings. The fourth-order valence-corrected chi connectivity index (χ4v) is 3.43. The lowest BCUT2D eigenvalue weighted by Gasteiger charge is -2.37. The Balaban J connectivity index is 0.00000338. The van der Waals surface area contributed by atoms with E-state index in [2.05, 4.69) is 12.2 Å². The molecule has 0 aliphatic carbocycles. The lowest BCUT2D eigenvalue weighted by atomic mass is 9.82. The van der Waals surface area contributed by atoms with Gasteiger partial charge in [-0.05, 0) is 63.4 Å². The number of carbonyl (C=O) groups is 1. The van der Waals surface area contributed by atoms with Crippen LogP contribution in [0.3, 0.4) is 0 Å². The minimum Gasteiger partial charge on any atom is -0.493 e. The molecule has 0 saturated carbocycles. The summed E-state index contributed by atoms with van der Waals surface area (Å²) in [5.41, 5.74) is 0.360. The summed E-state index contributed by atoms with van der Waals surface area (Å²) in [5.74, 6) is 2.19. The molecule has 6 heteroatoms. The molecule has 1 aliphatic heterocycles. The number of piperidine rings is 1. The smallest absolute Gasteiger partial charge is 0.232 e. The van der Waals surface area contributed by atoms with Gasteiger partial charge in [0.05, 0.1) is 19.6 Å². The van der Waals surface area contributed by atoms with Crippen molar-refractivity contribution in [2.45, 2.75) is 39.0 Å². The molecule has 26 heavy (non-hydrogen) atoms. The van der Waals surface area contributed by atoms with Gasteiger partial charge in [0.2, 0.25) is 5.91 Å². The van der Waals surface area contributed by atoms with Crippen molar-refractivity contribution in [3.05, 3.63) is 23.8 Å². The summed E-state index contributed by atoms with van der Waals surface area (Å²) in [4.78, 5) is 15.1. The van der Waals surface area contributed by atoms with Crippen LogP contribution in [0.1, 0.15) is 39.2 Å². The Labute approximate surface area is 163 Å². The van der Waals surface area contributed by atoms with Gasteiger partial charge in [-0.15, -0.1) is 12.4 Å². The number of nitrogens with zero attached hydrogens (tertiary/aromatic N) is 1. The van der Waals surface area contributed by atoms with E-state index in [-0.39, 0.29) is 18.3 Å². The predicted octanol–water partition coefficient (Wildman–Crippen LogP) is 3.25. The molecule has 1 amide bonds. The lowest BCUT2D eigenvalue weighted by molar-refractivity contribution is -0.137. The summed E-state index contributed by atoms with van der Waals surface area (Å²) >= 11 is 0. The van der Waals surface area contributed by atoms with E-state index in [1.54, 1.807) is 14.2 Å². The van der Waals surface area contributed by atoms with Crippen molar-refractivity contribution < 1.29 is 14.3 Å². The van der Waals surface area contributed by atoms with E-state index >= 15 is 0 Å². The molecule has 1 saturated heterocycles. The Kier molecular flexibility index (Phi) is 8.71. The van der Waals surface area contributed by atoms with Crippen molar-refractivity contribution >= 4 is 18.3 Å². The monoisotopic (exact) mass is 384 g/mol. The number of methoxy groups -OCH3 is 2. The summed E-state index contributed by atoms with van der Waals surface area (Å²) in [6.45, 7) is 9.84. The number of likely N-dealkylation sites (tertiary alicyclic amines) is 1. The van der Waals surface area contributed by atoms with E-state index in [9.17, 15) is 4.79 Å². The second kappa shape index (κ2) is 10.0. The van der Waals surface area contributed by atoms with E-state index in [0.29, 0.717) is 17.4 Å². The van der Waals surface area contributed by atoms with Crippen molar-refractivity contribution in [3.63, 3.8) is 0 Å². The van der Waals surface area contributed by atoms with Crippen LogP contribution in [0.5, 0.6) is 11.5 Å². The molecule has 1 N–H and O–H groups in total. The summed E-state index contributed by atoms with van der Waals surface area (Å²) in [7, 11) is 3.23. The summed E-state index contributed by atoms with van der Waals surface area (Å²) in [6.07, 6.45) is 2.14. The first-order valence-electron chi connectivity index (χ1n) is 9.16. The highest BCUT2D eigenvalue weighted by molar-refractivity contribution is 5.87. The van der Waals surface area contributed by atoms with Gasteiger partial charge in [0.1, 0.15) is 0 Å². The molecular formula is C20H33ClN2O3. The first kappa shape index (κ1) is 22.6. The SMILES string of the molecule is CCNCC1CCN(C(=O)C(C)(C)c2ccc(OC)c(OC)c2)CC1.Cl. The van der Waals surface area contributed by atoms with Crippen LogP contribution in [0.25, 0.3) is 0 Å². The lowest BCUT2D eigenvalue weighted by Crippen LogP contribution is -2.48. The van der Waals surface area contributed by atoms with E-state index in [1.807, 2.05) is 36.9 Å². The van der Waals surface area contributed by atoms with Crippen molar-refractivity contribution in [1.29, 1.82) is 0 Å². The second-order valence-corrected chi connectivity index (χ2v) is 7.24. The Hall–Kier alpha value is -1.46. The molecule has 148 valence electrons. The van der Waals surface area contributed by atoms with Crippen molar-refractivity contribution in [3.8, 4) is 11.5 Å². The van der Waals surface area contributed by atoms with Gasteiger partial charge >= 0.3 is 0 Å². The number of halogens is 1.